The van der Waals surface area contributed by atoms with Crippen LogP contribution in [0.4, 0.5) is 0 Å². The van der Waals surface area contributed by atoms with Crippen LogP contribution in [0.15, 0.2) is 0 Å². The van der Waals surface area contributed by atoms with E-state index in [-0.39, 0.29) is 5.97 Å². The van der Waals surface area contributed by atoms with E-state index in [4.69, 9.17) is 0 Å². The normalized spacial score (nSPS) is 31.1. The van der Waals surface area contributed by atoms with Crippen LogP contribution in [0.5, 0.6) is 0 Å². The zero-order chi connectivity index (χ0) is 12.7. The second-order valence-corrected chi connectivity index (χ2v) is 5.26. The van der Waals surface area contributed by atoms with Crippen molar-refractivity contribution in [2.24, 2.45) is 17.8 Å². The quantitative estimate of drug-likeness (QED) is 0.692. The number of rotatable bonds is 3. The number of carbonyl (C=O) groups is 1. The molecule has 0 bridgehead atoms. The van der Waals surface area contributed by atoms with E-state index < -0.39 is 0 Å². The van der Waals surface area contributed by atoms with Gasteiger partial charge < -0.3 is 4.74 Å². The first-order valence-electron chi connectivity index (χ1n) is 7.36. The van der Waals surface area contributed by atoms with Crippen molar-refractivity contribution in [1.82, 2.24) is 0 Å². The molecule has 2 aliphatic carbocycles. The summed E-state index contributed by atoms with van der Waals surface area (Å²) in [6, 6.07) is 0. The van der Waals surface area contributed by atoms with Gasteiger partial charge in [0.25, 0.3) is 0 Å². The van der Waals surface area contributed by atoms with Crippen LogP contribution in [0.3, 0.4) is 0 Å². The van der Waals surface area contributed by atoms with Gasteiger partial charge in [-0.2, -0.15) is 0 Å². The highest BCUT2D eigenvalue weighted by Crippen LogP contribution is 2.46. The maximum Gasteiger partial charge on any atom is 0.305 e. The second kappa shape index (κ2) is 7.73. The van der Waals surface area contributed by atoms with Crippen LogP contribution in [0.1, 0.15) is 65.2 Å². The van der Waals surface area contributed by atoms with E-state index in [9.17, 15) is 4.79 Å². The Balaban J connectivity index is 0.000000686. The standard InChI is InChI=1S/C13H22O2.C2H6/c1-15-13(14)7-6-10-8-11-4-2-3-5-12(11)9-10;1-2/h10-12H,2-9H2,1H3;1-2H3. The minimum Gasteiger partial charge on any atom is -0.469 e. The number of ether oxygens (including phenoxy) is 1. The zero-order valence-corrected chi connectivity index (χ0v) is 11.7. The zero-order valence-electron chi connectivity index (χ0n) is 11.7. The molecule has 2 aliphatic rings. The largest absolute Gasteiger partial charge is 0.469 e. The van der Waals surface area contributed by atoms with Crippen molar-refractivity contribution in [1.29, 1.82) is 0 Å². The molecule has 0 radical (unpaired) electrons. The lowest BCUT2D eigenvalue weighted by atomic mass is 9.82. The molecular weight excluding hydrogens is 212 g/mol. The first-order valence-corrected chi connectivity index (χ1v) is 7.36. The van der Waals surface area contributed by atoms with Crippen molar-refractivity contribution in [3.63, 3.8) is 0 Å². The molecule has 0 saturated heterocycles. The van der Waals surface area contributed by atoms with E-state index in [2.05, 4.69) is 4.74 Å². The van der Waals surface area contributed by atoms with Crippen LogP contribution in [-0.2, 0) is 9.53 Å². The Labute approximate surface area is 106 Å². The molecule has 0 aromatic heterocycles. The van der Waals surface area contributed by atoms with Crippen LogP contribution in [0.2, 0.25) is 0 Å². The second-order valence-electron chi connectivity index (χ2n) is 5.26. The molecule has 2 unspecified atom stereocenters. The van der Waals surface area contributed by atoms with Crippen LogP contribution < -0.4 is 0 Å². The van der Waals surface area contributed by atoms with Gasteiger partial charge in [-0.15, -0.1) is 0 Å². The predicted molar refractivity (Wildman–Crippen MR) is 70.8 cm³/mol. The summed E-state index contributed by atoms with van der Waals surface area (Å²) in [5, 5.41) is 0. The van der Waals surface area contributed by atoms with Crippen LogP contribution >= 0.6 is 0 Å². The van der Waals surface area contributed by atoms with E-state index in [1.165, 1.54) is 45.6 Å². The lowest BCUT2D eigenvalue weighted by molar-refractivity contribution is -0.140. The Morgan fingerprint density at radius 3 is 2.12 bits per heavy atom. The summed E-state index contributed by atoms with van der Waals surface area (Å²) in [6.45, 7) is 4.00. The Hall–Kier alpha value is -0.530. The minimum absolute atomic E-state index is 0.0372. The van der Waals surface area contributed by atoms with Gasteiger partial charge >= 0.3 is 5.97 Å². The number of fused-ring (bicyclic) bond motifs is 1. The lowest BCUT2D eigenvalue weighted by Crippen LogP contribution is -2.12. The van der Waals surface area contributed by atoms with Gasteiger partial charge in [-0.3, -0.25) is 4.79 Å². The average Bonchev–Trinajstić information content (AvgIpc) is 2.81. The van der Waals surface area contributed by atoms with Crippen LogP contribution in [0, 0.1) is 17.8 Å². The minimum atomic E-state index is -0.0372. The molecule has 0 aliphatic heterocycles. The van der Waals surface area contributed by atoms with Gasteiger partial charge in [0.05, 0.1) is 7.11 Å². The van der Waals surface area contributed by atoms with Gasteiger partial charge in [-0.05, 0) is 37.0 Å². The molecular formula is C15H28O2. The molecule has 2 nitrogen and oxygen atoms in total. The third-order valence-corrected chi connectivity index (χ3v) is 4.32. The van der Waals surface area contributed by atoms with Crippen LogP contribution in [-0.4, -0.2) is 13.1 Å². The molecule has 0 spiro atoms. The summed E-state index contributed by atoms with van der Waals surface area (Å²) < 4.78 is 4.69. The lowest BCUT2D eigenvalue weighted by Gasteiger charge is -2.24. The van der Waals surface area contributed by atoms with Crippen molar-refractivity contribution in [3.8, 4) is 0 Å². The van der Waals surface area contributed by atoms with Gasteiger partial charge in [-0.25, -0.2) is 0 Å². The molecule has 2 saturated carbocycles. The van der Waals surface area contributed by atoms with E-state index in [1.54, 1.807) is 0 Å². The molecule has 0 amide bonds. The van der Waals surface area contributed by atoms with Crippen LogP contribution in [0.25, 0.3) is 0 Å². The van der Waals surface area contributed by atoms with Crippen molar-refractivity contribution in [2.75, 3.05) is 7.11 Å². The molecule has 100 valence electrons. The topological polar surface area (TPSA) is 26.3 Å². The first kappa shape index (κ1) is 14.5. The van der Waals surface area contributed by atoms with E-state index >= 15 is 0 Å². The Morgan fingerprint density at radius 1 is 1.12 bits per heavy atom. The highest BCUT2D eigenvalue weighted by molar-refractivity contribution is 5.69. The van der Waals surface area contributed by atoms with Gasteiger partial charge in [0, 0.05) is 6.42 Å². The molecule has 0 aromatic carbocycles. The van der Waals surface area contributed by atoms with Gasteiger partial charge in [0.15, 0.2) is 0 Å². The molecule has 2 fully saturated rings. The highest BCUT2D eigenvalue weighted by atomic mass is 16.5. The summed E-state index contributed by atoms with van der Waals surface area (Å²) in [6.07, 6.45) is 10.2. The van der Waals surface area contributed by atoms with Crippen molar-refractivity contribution in [3.05, 3.63) is 0 Å². The SMILES string of the molecule is CC.COC(=O)CCC1CC2CCCCC2C1. The average molecular weight is 240 g/mol. The number of carbonyl (C=O) groups excluding carboxylic acids is 1. The van der Waals surface area contributed by atoms with E-state index in [1.807, 2.05) is 13.8 Å². The Bertz CT molecular complexity index is 211. The Morgan fingerprint density at radius 2 is 1.65 bits per heavy atom. The maximum absolute atomic E-state index is 11.1. The molecule has 2 atom stereocenters. The summed E-state index contributed by atoms with van der Waals surface area (Å²) in [5.41, 5.74) is 0. The fourth-order valence-electron chi connectivity index (χ4n) is 3.52. The van der Waals surface area contributed by atoms with E-state index in [0.29, 0.717) is 6.42 Å². The van der Waals surface area contributed by atoms with Crippen molar-refractivity contribution >= 4 is 5.97 Å². The number of hydrogen-bond donors (Lipinski definition) is 0. The van der Waals surface area contributed by atoms with Crippen molar-refractivity contribution in [2.45, 2.75) is 65.2 Å². The summed E-state index contributed by atoms with van der Waals surface area (Å²) in [5.74, 6) is 2.74. The summed E-state index contributed by atoms with van der Waals surface area (Å²) in [4.78, 5) is 11.1. The fourth-order valence-corrected chi connectivity index (χ4v) is 3.52. The number of esters is 1. The maximum atomic E-state index is 11.1. The first-order chi connectivity index (χ1) is 8.29. The molecule has 0 heterocycles. The Kier molecular flexibility index (Phi) is 6.61. The summed E-state index contributed by atoms with van der Waals surface area (Å²) in [7, 11) is 1.48. The predicted octanol–water partition coefficient (Wildman–Crippen LogP) is 4.18. The molecule has 0 N–H and O–H groups in total. The van der Waals surface area contributed by atoms with E-state index in [0.717, 1.165) is 24.2 Å². The summed E-state index contributed by atoms with van der Waals surface area (Å²) >= 11 is 0. The van der Waals surface area contributed by atoms with Gasteiger partial charge in [-0.1, -0.05) is 39.5 Å². The third-order valence-electron chi connectivity index (χ3n) is 4.32. The molecule has 2 rings (SSSR count). The number of methoxy groups -OCH3 is 1. The van der Waals surface area contributed by atoms with Crippen molar-refractivity contribution < 1.29 is 9.53 Å². The smallest absolute Gasteiger partial charge is 0.305 e. The monoisotopic (exact) mass is 240 g/mol. The molecule has 17 heavy (non-hydrogen) atoms. The molecule has 0 aromatic rings. The van der Waals surface area contributed by atoms with Gasteiger partial charge in [0.1, 0.15) is 0 Å². The highest BCUT2D eigenvalue weighted by Gasteiger charge is 2.35. The fraction of sp³-hybridized carbons (Fsp3) is 0.933. The van der Waals surface area contributed by atoms with Gasteiger partial charge in [0.2, 0.25) is 0 Å². The third kappa shape index (κ3) is 4.33. The number of hydrogen-bond acceptors (Lipinski definition) is 2. The molecule has 2 heteroatoms.